The third kappa shape index (κ3) is 4.24. The molecule has 0 unspecified atom stereocenters. The Morgan fingerprint density at radius 3 is 2.70 bits per heavy atom. The second-order valence-electron chi connectivity index (χ2n) is 5.67. The zero-order chi connectivity index (χ0) is 19.6. The second-order valence-corrected chi connectivity index (χ2v) is 6.11. The van der Waals surface area contributed by atoms with Gasteiger partial charge in [0, 0.05) is 28.2 Å². The van der Waals surface area contributed by atoms with Crippen LogP contribution in [0.5, 0.6) is 0 Å². The number of carbonyl (C=O) groups excluding carboxylic acids is 2. The minimum absolute atomic E-state index is 0.0495. The number of non-ortho nitro benzene ring substituents is 1. The van der Waals surface area contributed by atoms with Crippen molar-refractivity contribution < 1.29 is 23.7 Å². The molecule has 0 saturated carbocycles. The van der Waals surface area contributed by atoms with Crippen LogP contribution in [0.15, 0.2) is 46.9 Å². The summed E-state index contributed by atoms with van der Waals surface area (Å²) in [6, 6.07) is 10.4. The smallest absolute Gasteiger partial charge is 0.374 e. The molecule has 0 aliphatic rings. The summed E-state index contributed by atoms with van der Waals surface area (Å²) < 4.78 is 10.3. The third-order valence-electron chi connectivity index (χ3n) is 3.71. The topological polar surface area (TPSA) is 112 Å². The molecule has 138 valence electrons. The SMILES string of the molecule is Cc1cc([N+](=O)[O-])ccc1NC(=O)COC(=O)c1cc2cc(Cl)ccc2o1. The van der Waals surface area contributed by atoms with Crippen LogP contribution in [0.3, 0.4) is 0 Å². The fraction of sp³-hybridized carbons (Fsp3) is 0.111. The van der Waals surface area contributed by atoms with E-state index in [1.807, 2.05) is 0 Å². The Morgan fingerprint density at radius 2 is 2.00 bits per heavy atom. The molecule has 3 rings (SSSR count). The molecule has 1 aromatic heterocycles. The lowest BCUT2D eigenvalue weighted by Crippen LogP contribution is -2.21. The summed E-state index contributed by atoms with van der Waals surface area (Å²) in [6.45, 7) is 1.08. The van der Waals surface area contributed by atoms with Crippen LogP contribution in [0, 0.1) is 17.0 Å². The van der Waals surface area contributed by atoms with E-state index in [-0.39, 0.29) is 11.4 Å². The lowest BCUT2D eigenvalue weighted by Gasteiger charge is -2.08. The molecule has 0 spiro atoms. The second kappa shape index (κ2) is 7.46. The van der Waals surface area contributed by atoms with Gasteiger partial charge < -0.3 is 14.5 Å². The number of nitro groups is 1. The highest BCUT2D eigenvalue weighted by molar-refractivity contribution is 6.31. The Hall–Kier alpha value is -3.39. The van der Waals surface area contributed by atoms with Crippen molar-refractivity contribution in [1.29, 1.82) is 0 Å². The molecule has 9 heteroatoms. The van der Waals surface area contributed by atoms with Crippen LogP contribution in [0.1, 0.15) is 16.1 Å². The van der Waals surface area contributed by atoms with Gasteiger partial charge in [0.2, 0.25) is 5.76 Å². The predicted molar refractivity (Wildman–Crippen MR) is 98.0 cm³/mol. The highest BCUT2D eigenvalue weighted by atomic mass is 35.5. The van der Waals surface area contributed by atoms with Gasteiger partial charge in [-0.2, -0.15) is 0 Å². The number of fused-ring (bicyclic) bond motifs is 1. The highest BCUT2D eigenvalue weighted by Gasteiger charge is 2.16. The first kappa shape index (κ1) is 18.4. The molecular formula is C18H13ClN2O6. The first-order valence-corrected chi connectivity index (χ1v) is 8.12. The Balaban J connectivity index is 1.61. The van der Waals surface area contributed by atoms with E-state index >= 15 is 0 Å². The van der Waals surface area contributed by atoms with Gasteiger partial charge in [-0.25, -0.2) is 4.79 Å². The van der Waals surface area contributed by atoms with Crippen LogP contribution in [0.2, 0.25) is 5.02 Å². The number of amides is 1. The molecule has 0 bridgehead atoms. The first-order valence-electron chi connectivity index (χ1n) is 7.74. The van der Waals surface area contributed by atoms with Gasteiger partial charge in [0.25, 0.3) is 11.6 Å². The fourth-order valence-electron chi connectivity index (χ4n) is 2.40. The Labute approximate surface area is 157 Å². The van der Waals surface area contributed by atoms with Gasteiger partial charge in [-0.05, 0) is 42.8 Å². The molecule has 2 aromatic carbocycles. The monoisotopic (exact) mass is 388 g/mol. The van der Waals surface area contributed by atoms with Gasteiger partial charge in [-0.1, -0.05) is 11.6 Å². The fourth-order valence-corrected chi connectivity index (χ4v) is 2.59. The molecule has 0 saturated heterocycles. The number of aryl methyl sites for hydroxylation is 1. The third-order valence-corrected chi connectivity index (χ3v) is 3.94. The number of nitrogens with zero attached hydrogens (tertiary/aromatic N) is 1. The van der Waals surface area contributed by atoms with Gasteiger partial charge >= 0.3 is 5.97 Å². The molecular weight excluding hydrogens is 376 g/mol. The maximum atomic E-state index is 12.0. The summed E-state index contributed by atoms with van der Waals surface area (Å²) in [4.78, 5) is 34.2. The number of halogens is 1. The predicted octanol–water partition coefficient (Wildman–Crippen LogP) is 4.10. The highest BCUT2D eigenvalue weighted by Crippen LogP contribution is 2.24. The number of benzene rings is 2. The normalized spacial score (nSPS) is 10.6. The van der Waals surface area contributed by atoms with Crippen molar-refractivity contribution in [3.63, 3.8) is 0 Å². The number of ether oxygens (including phenoxy) is 1. The molecule has 27 heavy (non-hydrogen) atoms. The van der Waals surface area contributed by atoms with E-state index in [0.29, 0.717) is 27.2 Å². The number of anilines is 1. The Bertz CT molecular complexity index is 1060. The zero-order valence-corrected chi connectivity index (χ0v) is 14.8. The Kier molecular flexibility index (Phi) is 5.09. The molecule has 0 atom stereocenters. The molecule has 0 aliphatic heterocycles. The van der Waals surface area contributed by atoms with Gasteiger partial charge in [-0.15, -0.1) is 0 Å². The van der Waals surface area contributed by atoms with Gasteiger partial charge in [0.05, 0.1) is 4.92 Å². The maximum Gasteiger partial charge on any atom is 0.374 e. The molecule has 0 aliphatic carbocycles. The number of nitrogens with one attached hydrogen (secondary N) is 1. The zero-order valence-electron chi connectivity index (χ0n) is 14.0. The van der Waals surface area contributed by atoms with Crippen LogP contribution in [-0.4, -0.2) is 23.4 Å². The van der Waals surface area contributed by atoms with Crippen LogP contribution >= 0.6 is 11.6 Å². The van der Waals surface area contributed by atoms with E-state index in [2.05, 4.69) is 5.32 Å². The van der Waals surface area contributed by atoms with E-state index in [1.54, 1.807) is 25.1 Å². The molecule has 1 N–H and O–H groups in total. The quantitative estimate of drug-likeness (QED) is 0.400. The molecule has 3 aromatic rings. The minimum Gasteiger partial charge on any atom is -0.450 e. The summed E-state index contributed by atoms with van der Waals surface area (Å²) in [5.41, 5.74) is 1.29. The van der Waals surface area contributed by atoms with Crippen molar-refractivity contribution in [1.82, 2.24) is 0 Å². The van der Waals surface area contributed by atoms with Gasteiger partial charge in [0.1, 0.15) is 5.58 Å². The number of furan rings is 1. The summed E-state index contributed by atoms with van der Waals surface area (Å²) in [7, 11) is 0. The molecule has 1 amide bonds. The number of hydrogen-bond donors (Lipinski definition) is 1. The lowest BCUT2D eigenvalue weighted by atomic mass is 10.2. The Morgan fingerprint density at radius 1 is 1.22 bits per heavy atom. The van der Waals surface area contributed by atoms with E-state index in [1.165, 1.54) is 24.3 Å². The van der Waals surface area contributed by atoms with Crippen LogP contribution in [0.25, 0.3) is 11.0 Å². The van der Waals surface area contributed by atoms with E-state index in [9.17, 15) is 19.7 Å². The number of nitro benzene ring substituents is 1. The number of hydrogen-bond acceptors (Lipinski definition) is 6. The number of carbonyl (C=O) groups is 2. The number of rotatable bonds is 5. The van der Waals surface area contributed by atoms with Crippen LogP contribution in [-0.2, 0) is 9.53 Å². The van der Waals surface area contributed by atoms with Crippen molar-refractivity contribution in [2.24, 2.45) is 0 Å². The molecule has 0 fully saturated rings. The van der Waals surface area contributed by atoms with E-state index in [4.69, 9.17) is 20.8 Å². The number of esters is 1. The summed E-state index contributed by atoms with van der Waals surface area (Å²) in [6.07, 6.45) is 0. The van der Waals surface area contributed by atoms with Crippen molar-refractivity contribution in [2.45, 2.75) is 6.92 Å². The van der Waals surface area contributed by atoms with Crippen molar-refractivity contribution in [3.8, 4) is 0 Å². The summed E-state index contributed by atoms with van der Waals surface area (Å²) in [5.74, 6) is -1.43. The largest absolute Gasteiger partial charge is 0.450 e. The molecule has 0 radical (unpaired) electrons. The average Bonchev–Trinajstić information content (AvgIpc) is 3.04. The lowest BCUT2D eigenvalue weighted by molar-refractivity contribution is -0.384. The van der Waals surface area contributed by atoms with Crippen LogP contribution < -0.4 is 5.32 Å². The van der Waals surface area contributed by atoms with E-state index in [0.717, 1.165) is 0 Å². The summed E-state index contributed by atoms with van der Waals surface area (Å²) in [5, 5.41) is 14.4. The van der Waals surface area contributed by atoms with Crippen molar-refractivity contribution >= 4 is 45.8 Å². The van der Waals surface area contributed by atoms with Crippen LogP contribution in [0.4, 0.5) is 11.4 Å². The van der Waals surface area contributed by atoms with E-state index < -0.39 is 23.4 Å². The molecule has 8 nitrogen and oxygen atoms in total. The average molecular weight is 389 g/mol. The van der Waals surface area contributed by atoms with Crippen molar-refractivity contribution in [3.05, 3.63) is 68.9 Å². The van der Waals surface area contributed by atoms with Crippen molar-refractivity contribution in [2.75, 3.05) is 11.9 Å². The molecule has 1 heterocycles. The first-order chi connectivity index (χ1) is 12.8. The summed E-state index contributed by atoms with van der Waals surface area (Å²) >= 11 is 5.88. The standard InChI is InChI=1S/C18H13ClN2O6/c1-10-6-13(21(24)25)3-4-14(10)20-17(22)9-26-18(23)16-8-11-7-12(19)2-5-15(11)27-16/h2-8H,9H2,1H3,(H,20,22). The van der Waals surface area contributed by atoms with Gasteiger partial charge in [-0.3, -0.25) is 14.9 Å². The minimum atomic E-state index is -0.794. The maximum absolute atomic E-state index is 12.0. The van der Waals surface area contributed by atoms with Gasteiger partial charge in [0.15, 0.2) is 6.61 Å².